The number of carboxylic acids is 1. The number of carboxylic acid groups (broad SMARTS) is 1. The van der Waals surface area contributed by atoms with E-state index < -0.39 is 12.0 Å². The molecule has 0 heterocycles. The zero-order valence-corrected chi connectivity index (χ0v) is 13.0. The first-order valence-corrected chi connectivity index (χ1v) is 7.23. The molecular formula is C14H28N2O4. The summed E-state index contributed by atoms with van der Waals surface area (Å²) < 4.78 is 4.90. The van der Waals surface area contributed by atoms with E-state index in [9.17, 15) is 9.59 Å². The lowest BCUT2D eigenvalue weighted by atomic mass is 10.1. The lowest BCUT2D eigenvalue weighted by Gasteiger charge is -2.26. The van der Waals surface area contributed by atoms with Gasteiger partial charge in [0.25, 0.3) is 0 Å². The maximum atomic E-state index is 12.1. The summed E-state index contributed by atoms with van der Waals surface area (Å²) in [7, 11) is 1.57. The van der Waals surface area contributed by atoms with Gasteiger partial charge in [0.2, 0.25) is 0 Å². The third kappa shape index (κ3) is 7.33. The van der Waals surface area contributed by atoms with Crippen molar-refractivity contribution in [3.63, 3.8) is 0 Å². The largest absolute Gasteiger partial charge is 0.480 e. The number of hydrogen-bond acceptors (Lipinski definition) is 3. The maximum Gasteiger partial charge on any atom is 0.326 e. The van der Waals surface area contributed by atoms with Gasteiger partial charge in [-0.25, -0.2) is 9.59 Å². The number of nitrogens with zero attached hydrogens (tertiary/aromatic N) is 1. The molecule has 0 fully saturated rings. The van der Waals surface area contributed by atoms with Gasteiger partial charge in [-0.1, -0.05) is 20.3 Å². The van der Waals surface area contributed by atoms with Crippen molar-refractivity contribution in [3.05, 3.63) is 0 Å². The van der Waals surface area contributed by atoms with Crippen LogP contribution < -0.4 is 5.32 Å². The van der Waals surface area contributed by atoms with Crippen molar-refractivity contribution in [2.24, 2.45) is 5.92 Å². The number of ether oxygens (including phenoxy) is 1. The van der Waals surface area contributed by atoms with Crippen LogP contribution in [-0.4, -0.2) is 54.9 Å². The molecule has 2 N–H and O–H groups in total. The van der Waals surface area contributed by atoms with E-state index in [1.54, 1.807) is 12.0 Å². The molecule has 0 saturated carbocycles. The molecule has 0 aliphatic carbocycles. The molecule has 0 aliphatic rings. The van der Waals surface area contributed by atoms with Gasteiger partial charge in [-0.2, -0.15) is 0 Å². The van der Waals surface area contributed by atoms with Gasteiger partial charge in [0.15, 0.2) is 0 Å². The second-order valence-corrected chi connectivity index (χ2v) is 5.03. The topological polar surface area (TPSA) is 78.9 Å². The van der Waals surface area contributed by atoms with Crippen LogP contribution in [0.3, 0.4) is 0 Å². The second-order valence-electron chi connectivity index (χ2n) is 5.03. The fourth-order valence-corrected chi connectivity index (χ4v) is 1.79. The van der Waals surface area contributed by atoms with Crippen molar-refractivity contribution < 1.29 is 19.4 Å². The van der Waals surface area contributed by atoms with E-state index in [4.69, 9.17) is 9.84 Å². The van der Waals surface area contributed by atoms with Crippen LogP contribution in [-0.2, 0) is 9.53 Å². The fraction of sp³-hybridized carbons (Fsp3) is 0.857. The average molecular weight is 288 g/mol. The third-order valence-corrected chi connectivity index (χ3v) is 3.33. The van der Waals surface area contributed by atoms with Crippen LogP contribution in [0.25, 0.3) is 0 Å². The number of hydrogen-bond donors (Lipinski definition) is 2. The number of carbonyl (C=O) groups is 2. The molecule has 20 heavy (non-hydrogen) atoms. The Balaban J connectivity index is 4.43. The molecule has 0 aliphatic heterocycles. The number of carbonyl (C=O) groups excluding carboxylic acids is 1. The molecule has 0 radical (unpaired) electrons. The monoisotopic (exact) mass is 288 g/mol. The van der Waals surface area contributed by atoms with Crippen LogP contribution >= 0.6 is 0 Å². The van der Waals surface area contributed by atoms with E-state index in [1.807, 2.05) is 6.92 Å². The molecule has 0 spiro atoms. The first-order chi connectivity index (χ1) is 9.46. The summed E-state index contributed by atoms with van der Waals surface area (Å²) in [5, 5.41) is 11.7. The van der Waals surface area contributed by atoms with E-state index >= 15 is 0 Å². The van der Waals surface area contributed by atoms with Gasteiger partial charge in [0, 0.05) is 26.8 Å². The van der Waals surface area contributed by atoms with Gasteiger partial charge in [-0.3, -0.25) is 0 Å². The van der Waals surface area contributed by atoms with Gasteiger partial charge in [0.1, 0.15) is 6.04 Å². The van der Waals surface area contributed by atoms with Crippen molar-refractivity contribution in [1.29, 1.82) is 0 Å². The molecule has 0 aromatic heterocycles. The minimum absolute atomic E-state index is 0.308. The molecular weight excluding hydrogens is 260 g/mol. The van der Waals surface area contributed by atoms with Crippen LogP contribution in [0.5, 0.6) is 0 Å². The molecule has 118 valence electrons. The smallest absolute Gasteiger partial charge is 0.326 e. The summed E-state index contributed by atoms with van der Waals surface area (Å²) >= 11 is 0. The van der Waals surface area contributed by atoms with Gasteiger partial charge in [0.05, 0.1) is 0 Å². The van der Waals surface area contributed by atoms with Crippen molar-refractivity contribution in [2.45, 2.75) is 46.1 Å². The quantitative estimate of drug-likeness (QED) is 0.602. The highest BCUT2D eigenvalue weighted by atomic mass is 16.5. The van der Waals surface area contributed by atoms with Crippen LogP contribution in [0, 0.1) is 5.92 Å². The zero-order chi connectivity index (χ0) is 15.5. The summed E-state index contributed by atoms with van der Waals surface area (Å²) in [6.07, 6.45) is 1.96. The predicted molar refractivity (Wildman–Crippen MR) is 77.8 cm³/mol. The highest BCUT2D eigenvalue weighted by molar-refractivity contribution is 5.82. The third-order valence-electron chi connectivity index (χ3n) is 3.33. The molecule has 2 unspecified atom stereocenters. The van der Waals surface area contributed by atoms with Crippen LogP contribution in [0.1, 0.15) is 40.0 Å². The minimum atomic E-state index is -1.01. The van der Waals surface area contributed by atoms with Crippen molar-refractivity contribution >= 4 is 12.0 Å². The Morgan fingerprint density at radius 1 is 1.35 bits per heavy atom. The average Bonchev–Trinajstić information content (AvgIpc) is 2.42. The Labute approximate surface area is 121 Å². The number of urea groups is 1. The van der Waals surface area contributed by atoms with Crippen molar-refractivity contribution in [3.8, 4) is 0 Å². The van der Waals surface area contributed by atoms with E-state index in [2.05, 4.69) is 19.2 Å². The van der Waals surface area contributed by atoms with Gasteiger partial charge in [-0.05, 0) is 25.7 Å². The fourth-order valence-electron chi connectivity index (χ4n) is 1.79. The molecule has 6 heteroatoms. The Kier molecular flexibility index (Phi) is 9.80. The summed E-state index contributed by atoms with van der Waals surface area (Å²) in [5.74, 6) is -0.605. The van der Waals surface area contributed by atoms with Crippen LogP contribution in [0.2, 0.25) is 0 Å². The van der Waals surface area contributed by atoms with Crippen LogP contribution in [0.15, 0.2) is 0 Å². The van der Waals surface area contributed by atoms with Gasteiger partial charge >= 0.3 is 12.0 Å². The highest BCUT2D eigenvalue weighted by Gasteiger charge is 2.22. The summed E-state index contributed by atoms with van der Waals surface area (Å²) in [4.78, 5) is 24.9. The standard InChI is InChI=1S/C14H28N2O4/c1-5-11(3)10-16(6-2)14(19)15-12(13(17)18)8-7-9-20-4/h11-12H,5-10H2,1-4H3,(H,15,19)(H,17,18). The number of nitrogens with one attached hydrogen (secondary N) is 1. The first-order valence-electron chi connectivity index (χ1n) is 7.23. The molecule has 2 atom stereocenters. The SMILES string of the molecule is CCC(C)CN(CC)C(=O)NC(CCCOC)C(=O)O. The van der Waals surface area contributed by atoms with E-state index in [-0.39, 0.29) is 6.03 Å². The minimum Gasteiger partial charge on any atom is -0.480 e. The van der Waals surface area contributed by atoms with Crippen molar-refractivity contribution in [1.82, 2.24) is 10.2 Å². The second kappa shape index (κ2) is 10.5. The number of amides is 2. The lowest BCUT2D eigenvalue weighted by molar-refractivity contribution is -0.139. The Hall–Kier alpha value is -1.30. The summed E-state index contributed by atoms with van der Waals surface area (Å²) in [6, 6.07) is -1.17. The Morgan fingerprint density at radius 2 is 2.00 bits per heavy atom. The Bertz CT molecular complexity index is 297. The number of aliphatic carboxylic acids is 1. The van der Waals surface area contributed by atoms with Crippen LogP contribution in [0.4, 0.5) is 4.79 Å². The zero-order valence-electron chi connectivity index (χ0n) is 13.0. The molecule has 0 aromatic carbocycles. The molecule has 0 aromatic rings. The predicted octanol–water partition coefficient (Wildman–Crippen LogP) is 1.94. The number of rotatable bonds is 10. The molecule has 6 nitrogen and oxygen atoms in total. The maximum absolute atomic E-state index is 12.1. The normalized spacial score (nSPS) is 13.6. The van der Waals surface area contributed by atoms with E-state index in [1.165, 1.54) is 0 Å². The van der Waals surface area contributed by atoms with Crippen molar-refractivity contribution in [2.75, 3.05) is 26.8 Å². The first kappa shape index (κ1) is 18.7. The number of methoxy groups -OCH3 is 1. The van der Waals surface area contributed by atoms with E-state index in [0.717, 1.165) is 6.42 Å². The van der Waals surface area contributed by atoms with Gasteiger partial charge in [-0.15, -0.1) is 0 Å². The Morgan fingerprint density at radius 3 is 2.45 bits per heavy atom. The summed E-state index contributed by atoms with van der Waals surface area (Å²) in [5.41, 5.74) is 0. The molecule has 0 bridgehead atoms. The lowest BCUT2D eigenvalue weighted by Crippen LogP contribution is -2.49. The highest BCUT2D eigenvalue weighted by Crippen LogP contribution is 2.06. The van der Waals surface area contributed by atoms with Gasteiger partial charge < -0.3 is 20.1 Å². The molecule has 0 rings (SSSR count). The van der Waals surface area contributed by atoms with E-state index in [0.29, 0.717) is 38.5 Å². The molecule has 2 amide bonds. The molecule has 0 saturated heterocycles. The summed E-state index contributed by atoms with van der Waals surface area (Å²) in [6.45, 7) is 7.74.